The predicted octanol–water partition coefficient (Wildman–Crippen LogP) is 4.76. The largest absolute Gasteiger partial charge is 0.478 e. The van der Waals surface area contributed by atoms with E-state index in [1.54, 1.807) is 12.1 Å². The van der Waals surface area contributed by atoms with Gasteiger partial charge in [-0.2, -0.15) is 0 Å². The second-order valence-corrected chi connectivity index (χ2v) is 5.14. The Morgan fingerprint density at radius 1 is 1.05 bits per heavy atom. The van der Waals surface area contributed by atoms with Crippen molar-refractivity contribution in [3.05, 3.63) is 57.6 Å². The number of benzene rings is 2. The van der Waals surface area contributed by atoms with E-state index < -0.39 is 5.97 Å². The highest BCUT2D eigenvalue weighted by Gasteiger charge is 2.09. The van der Waals surface area contributed by atoms with Crippen molar-refractivity contribution in [2.45, 2.75) is 20.8 Å². The Hall–Kier alpha value is -2.00. The summed E-state index contributed by atoms with van der Waals surface area (Å²) in [6.07, 6.45) is 0. The number of aromatic carboxylic acids is 1. The zero-order valence-corrected chi connectivity index (χ0v) is 12.3. The Morgan fingerprint density at radius 3 is 2.20 bits per heavy atom. The molecule has 20 heavy (non-hydrogen) atoms. The summed E-state index contributed by atoms with van der Waals surface area (Å²) in [5.41, 5.74) is 2.93. The summed E-state index contributed by atoms with van der Waals surface area (Å²) in [6, 6.07) is 8.48. The average Bonchev–Trinajstić information content (AvgIpc) is 2.38. The average molecular weight is 291 g/mol. The van der Waals surface area contributed by atoms with E-state index in [-0.39, 0.29) is 5.56 Å². The van der Waals surface area contributed by atoms with Crippen LogP contribution in [0.4, 0.5) is 0 Å². The van der Waals surface area contributed by atoms with Crippen LogP contribution in [0.3, 0.4) is 0 Å². The van der Waals surface area contributed by atoms with Crippen molar-refractivity contribution in [3.8, 4) is 11.5 Å². The minimum Gasteiger partial charge on any atom is -0.478 e. The highest BCUT2D eigenvalue weighted by Crippen LogP contribution is 2.31. The third-order valence-electron chi connectivity index (χ3n) is 3.07. The first-order valence-corrected chi connectivity index (χ1v) is 6.55. The van der Waals surface area contributed by atoms with Crippen molar-refractivity contribution >= 4 is 17.6 Å². The fourth-order valence-corrected chi connectivity index (χ4v) is 2.04. The number of ether oxygens (including phenoxy) is 1. The van der Waals surface area contributed by atoms with E-state index in [1.807, 2.05) is 32.9 Å². The molecule has 0 aromatic heterocycles. The quantitative estimate of drug-likeness (QED) is 0.887. The van der Waals surface area contributed by atoms with Gasteiger partial charge < -0.3 is 9.84 Å². The second kappa shape index (κ2) is 5.55. The zero-order chi connectivity index (χ0) is 14.9. The van der Waals surface area contributed by atoms with Crippen LogP contribution in [0.15, 0.2) is 30.3 Å². The van der Waals surface area contributed by atoms with Gasteiger partial charge in [0.2, 0.25) is 0 Å². The molecule has 0 radical (unpaired) electrons. The SMILES string of the molecule is Cc1ccc(C(=O)O)cc1Oc1cc(C)c(Cl)c(C)c1. The Balaban J connectivity index is 2.39. The smallest absolute Gasteiger partial charge is 0.335 e. The molecule has 0 heterocycles. The second-order valence-electron chi connectivity index (χ2n) is 4.76. The van der Waals surface area contributed by atoms with Crippen molar-refractivity contribution in [1.82, 2.24) is 0 Å². The zero-order valence-electron chi connectivity index (χ0n) is 11.5. The van der Waals surface area contributed by atoms with E-state index in [9.17, 15) is 4.79 Å². The van der Waals surface area contributed by atoms with Crippen LogP contribution in [0.25, 0.3) is 0 Å². The molecule has 1 N–H and O–H groups in total. The Labute approximate surface area is 122 Å². The van der Waals surface area contributed by atoms with Crippen LogP contribution in [0.1, 0.15) is 27.0 Å². The Bertz CT molecular complexity index is 654. The molecule has 0 bridgehead atoms. The summed E-state index contributed by atoms with van der Waals surface area (Å²) in [6.45, 7) is 5.68. The molecular weight excluding hydrogens is 276 g/mol. The summed E-state index contributed by atoms with van der Waals surface area (Å²) in [7, 11) is 0. The third-order valence-corrected chi connectivity index (χ3v) is 3.67. The van der Waals surface area contributed by atoms with Gasteiger partial charge in [-0.1, -0.05) is 17.7 Å². The summed E-state index contributed by atoms with van der Waals surface area (Å²) in [5.74, 6) is 0.208. The van der Waals surface area contributed by atoms with Crippen LogP contribution in [0, 0.1) is 20.8 Å². The van der Waals surface area contributed by atoms with Crippen LogP contribution in [0.2, 0.25) is 5.02 Å². The maximum absolute atomic E-state index is 11.0. The molecule has 2 aromatic rings. The van der Waals surface area contributed by atoms with Crippen LogP contribution >= 0.6 is 11.6 Å². The third kappa shape index (κ3) is 2.94. The fraction of sp³-hybridized carbons (Fsp3) is 0.188. The molecule has 0 unspecified atom stereocenters. The molecule has 0 spiro atoms. The van der Waals surface area contributed by atoms with Crippen molar-refractivity contribution in [1.29, 1.82) is 0 Å². The van der Waals surface area contributed by atoms with Gasteiger partial charge in [0.05, 0.1) is 5.56 Å². The number of halogens is 1. The number of rotatable bonds is 3. The van der Waals surface area contributed by atoms with Gasteiger partial charge in [-0.25, -0.2) is 4.79 Å². The normalized spacial score (nSPS) is 10.4. The molecule has 4 heteroatoms. The van der Waals surface area contributed by atoms with E-state index in [1.165, 1.54) is 6.07 Å². The van der Waals surface area contributed by atoms with Gasteiger partial charge in [-0.05, 0) is 61.7 Å². The number of carboxylic acid groups (broad SMARTS) is 1. The highest BCUT2D eigenvalue weighted by atomic mass is 35.5. The molecule has 0 fully saturated rings. The molecule has 0 atom stereocenters. The molecule has 104 valence electrons. The molecule has 0 saturated heterocycles. The molecule has 0 aliphatic rings. The standard InChI is InChI=1S/C16H15ClO3/c1-9-4-5-12(16(18)19)8-14(9)20-13-6-10(2)15(17)11(3)7-13/h4-8H,1-3H3,(H,18,19). The van der Waals surface area contributed by atoms with Gasteiger partial charge in [0.1, 0.15) is 11.5 Å². The number of hydrogen-bond acceptors (Lipinski definition) is 2. The lowest BCUT2D eigenvalue weighted by molar-refractivity contribution is 0.0696. The van der Waals surface area contributed by atoms with Crippen molar-refractivity contribution in [3.63, 3.8) is 0 Å². The van der Waals surface area contributed by atoms with E-state index in [2.05, 4.69) is 0 Å². The molecule has 0 aliphatic carbocycles. The van der Waals surface area contributed by atoms with Crippen LogP contribution in [0.5, 0.6) is 11.5 Å². The van der Waals surface area contributed by atoms with E-state index in [0.717, 1.165) is 16.7 Å². The maximum Gasteiger partial charge on any atom is 0.335 e. The lowest BCUT2D eigenvalue weighted by Gasteiger charge is -2.12. The molecule has 0 aliphatic heterocycles. The summed E-state index contributed by atoms with van der Waals surface area (Å²) in [5, 5.41) is 9.73. The van der Waals surface area contributed by atoms with Crippen molar-refractivity contribution < 1.29 is 14.6 Å². The van der Waals surface area contributed by atoms with Gasteiger partial charge in [0.15, 0.2) is 0 Å². The molecule has 3 nitrogen and oxygen atoms in total. The minimum absolute atomic E-state index is 0.202. The van der Waals surface area contributed by atoms with Gasteiger partial charge in [0.25, 0.3) is 0 Å². The molecular formula is C16H15ClO3. The number of carbonyl (C=O) groups is 1. The minimum atomic E-state index is -0.974. The first-order valence-electron chi connectivity index (χ1n) is 6.17. The summed E-state index contributed by atoms with van der Waals surface area (Å²) in [4.78, 5) is 11.0. The molecule has 0 amide bonds. The van der Waals surface area contributed by atoms with Crippen molar-refractivity contribution in [2.75, 3.05) is 0 Å². The van der Waals surface area contributed by atoms with Crippen molar-refractivity contribution in [2.24, 2.45) is 0 Å². The van der Waals surface area contributed by atoms with Crippen LogP contribution in [-0.4, -0.2) is 11.1 Å². The van der Waals surface area contributed by atoms with Gasteiger partial charge >= 0.3 is 5.97 Å². The predicted molar refractivity (Wildman–Crippen MR) is 79.1 cm³/mol. The van der Waals surface area contributed by atoms with Crippen LogP contribution in [-0.2, 0) is 0 Å². The fourth-order valence-electron chi connectivity index (χ4n) is 1.94. The first kappa shape index (κ1) is 14.4. The Morgan fingerprint density at radius 2 is 1.65 bits per heavy atom. The van der Waals surface area contributed by atoms with Gasteiger partial charge in [0, 0.05) is 5.02 Å². The number of carboxylic acids is 1. The molecule has 2 rings (SSSR count). The lowest BCUT2D eigenvalue weighted by Crippen LogP contribution is -1.98. The summed E-state index contributed by atoms with van der Waals surface area (Å²) < 4.78 is 5.79. The number of hydrogen-bond donors (Lipinski definition) is 1. The van der Waals surface area contributed by atoms with Gasteiger partial charge in [-0.15, -0.1) is 0 Å². The first-order chi connectivity index (χ1) is 9.38. The molecule has 2 aromatic carbocycles. The number of aryl methyl sites for hydroxylation is 3. The maximum atomic E-state index is 11.0. The summed E-state index contributed by atoms with van der Waals surface area (Å²) >= 11 is 6.12. The Kier molecular flexibility index (Phi) is 4.00. The van der Waals surface area contributed by atoms with E-state index in [0.29, 0.717) is 16.5 Å². The van der Waals surface area contributed by atoms with Crippen LogP contribution < -0.4 is 4.74 Å². The lowest BCUT2D eigenvalue weighted by atomic mass is 10.1. The van der Waals surface area contributed by atoms with E-state index >= 15 is 0 Å². The highest BCUT2D eigenvalue weighted by molar-refractivity contribution is 6.32. The molecule has 0 saturated carbocycles. The topological polar surface area (TPSA) is 46.5 Å². The monoisotopic (exact) mass is 290 g/mol. The van der Waals surface area contributed by atoms with E-state index in [4.69, 9.17) is 21.4 Å². The van der Waals surface area contributed by atoms with Gasteiger partial charge in [-0.3, -0.25) is 0 Å².